The van der Waals surface area contributed by atoms with Crippen molar-refractivity contribution < 1.29 is 0 Å². The molecule has 0 unspecified atom stereocenters. The van der Waals surface area contributed by atoms with Crippen molar-refractivity contribution in [3.8, 4) is 0 Å². The average Bonchev–Trinajstić information content (AvgIpc) is 2.38. The molecular weight excluding hydrogens is 198 g/mol. The largest absolute Gasteiger partial charge is 0.314 e. The van der Waals surface area contributed by atoms with Gasteiger partial charge >= 0.3 is 0 Å². The number of aromatic nitrogens is 1. The SMILES string of the molecule is C=CC[C@H](c1ccncc1)N1CCNCC1. The van der Waals surface area contributed by atoms with Crippen molar-refractivity contribution in [3.05, 3.63) is 42.7 Å². The summed E-state index contributed by atoms with van der Waals surface area (Å²) in [5.41, 5.74) is 1.34. The van der Waals surface area contributed by atoms with E-state index in [1.165, 1.54) is 5.56 Å². The number of pyridine rings is 1. The summed E-state index contributed by atoms with van der Waals surface area (Å²) in [7, 11) is 0. The van der Waals surface area contributed by atoms with Crippen LogP contribution < -0.4 is 5.32 Å². The van der Waals surface area contributed by atoms with Gasteiger partial charge in [-0.3, -0.25) is 9.88 Å². The Morgan fingerprint density at radius 1 is 1.38 bits per heavy atom. The van der Waals surface area contributed by atoms with Gasteiger partial charge in [-0.1, -0.05) is 6.08 Å². The third-order valence-electron chi connectivity index (χ3n) is 3.07. The first-order chi connectivity index (χ1) is 7.92. The predicted molar refractivity (Wildman–Crippen MR) is 66.2 cm³/mol. The number of hydrogen-bond acceptors (Lipinski definition) is 3. The summed E-state index contributed by atoms with van der Waals surface area (Å²) in [6.07, 6.45) is 6.75. The first-order valence-corrected chi connectivity index (χ1v) is 5.87. The minimum atomic E-state index is 0.461. The summed E-state index contributed by atoms with van der Waals surface area (Å²) in [5.74, 6) is 0. The van der Waals surface area contributed by atoms with Crippen LogP contribution >= 0.6 is 0 Å². The molecule has 3 heteroatoms. The van der Waals surface area contributed by atoms with E-state index in [1.54, 1.807) is 0 Å². The van der Waals surface area contributed by atoms with E-state index in [0.717, 1.165) is 32.6 Å². The Hall–Kier alpha value is -1.19. The summed E-state index contributed by atoms with van der Waals surface area (Å²) < 4.78 is 0. The van der Waals surface area contributed by atoms with Gasteiger partial charge in [-0.25, -0.2) is 0 Å². The first kappa shape index (κ1) is 11.3. The van der Waals surface area contributed by atoms with Crippen molar-refractivity contribution in [2.24, 2.45) is 0 Å². The van der Waals surface area contributed by atoms with E-state index < -0.39 is 0 Å². The lowest BCUT2D eigenvalue weighted by Crippen LogP contribution is -2.45. The fourth-order valence-corrected chi connectivity index (χ4v) is 2.23. The predicted octanol–water partition coefficient (Wildman–Crippen LogP) is 1.60. The topological polar surface area (TPSA) is 28.2 Å². The Morgan fingerprint density at radius 2 is 2.06 bits per heavy atom. The van der Waals surface area contributed by atoms with Crippen LogP contribution in [-0.4, -0.2) is 36.1 Å². The minimum absolute atomic E-state index is 0.461. The molecule has 1 saturated heterocycles. The lowest BCUT2D eigenvalue weighted by Gasteiger charge is -2.34. The van der Waals surface area contributed by atoms with E-state index in [9.17, 15) is 0 Å². The third kappa shape index (κ3) is 2.68. The molecule has 0 saturated carbocycles. The fourth-order valence-electron chi connectivity index (χ4n) is 2.23. The lowest BCUT2D eigenvalue weighted by molar-refractivity contribution is 0.174. The highest BCUT2D eigenvalue weighted by atomic mass is 15.2. The van der Waals surface area contributed by atoms with Gasteiger partial charge in [-0.2, -0.15) is 0 Å². The summed E-state index contributed by atoms with van der Waals surface area (Å²) >= 11 is 0. The van der Waals surface area contributed by atoms with E-state index in [1.807, 2.05) is 18.5 Å². The van der Waals surface area contributed by atoms with Crippen LogP contribution in [0.25, 0.3) is 0 Å². The van der Waals surface area contributed by atoms with E-state index in [2.05, 4.69) is 33.9 Å². The van der Waals surface area contributed by atoms with Crippen molar-refractivity contribution in [3.63, 3.8) is 0 Å². The molecular formula is C13H19N3. The van der Waals surface area contributed by atoms with Crippen molar-refractivity contribution in [2.75, 3.05) is 26.2 Å². The molecule has 1 aromatic heterocycles. The van der Waals surface area contributed by atoms with E-state index in [-0.39, 0.29) is 0 Å². The van der Waals surface area contributed by atoms with Gasteiger partial charge < -0.3 is 5.32 Å². The van der Waals surface area contributed by atoms with Crippen LogP contribution in [0.2, 0.25) is 0 Å². The molecule has 2 rings (SSSR count). The van der Waals surface area contributed by atoms with E-state index >= 15 is 0 Å². The zero-order valence-electron chi connectivity index (χ0n) is 9.60. The number of rotatable bonds is 4. The van der Waals surface area contributed by atoms with Crippen molar-refractivity contribution >= 4 is 0 Å². The molecule has 86 valence electrons. The first-order valence-electron chi connectivity index (χ1n) is 5.87. The smallest absolute Gasteiger partial charge is 0.0384 e. The Labute approximate surface area is 97.2 Å². The average molecular weight is 217 g/mol. The summed E-state index contributed by atoms with van der Waals surface area (Å²) in [6, 6.07) is 4.68. The van der Waals surface area contributed by atoms with Gasteiger partial charge in [0.05, 0.1) is 0 Å². The van der Waals surface area contributed by atoms with Crippen LogP contribution in [-0.2, 0) is 0 Å². The second-order valence-electron chi connectivity index (χ2n) is 4.11. The van der Waals surface area contributed by atoms with Crippen molar-refractivity contribution in [1.82, 2.24) is 15.2 Å². The molecule has 1 aliphatic heterocycles. The van der Waals surface area contributed by atoms with Crippen LogP contribution in [0.15, 0.2) is 37.2 Å². The van der Waals surface area contributed by atoms with Gasteiger partial charge in [0.25, 0.3) is 0 Å². The monoisotopic (exact) mass is 217 g/mol. The molecule has 3 nitrogen and oxygen atoms in total. The maximum atomic E-state index is 4.08. The Morgan fingerprint density at radius 3 is 2.69 bits per heavy atom. The van der Waals surface area contributed by atoms with Crippen LogP contribution in [0, 0.1) is 0 Å². The molecule has 1 fully saturated rings. The maximum absolute atomic E-state index is 4.08. The zero-order chi connectivity index (χ0) is 11.2. The Kier molecular flexibility index (Phi) is 4.08. The van der Waals surface area contributed by atoms with E-state index in [4.69, 9.17) is 0 Å². The molecule has 0 spiro atoms. The van der Waals surface area contributed by atoms with Crippen LogP contribution in [0.1, 0.15) is 18.0 Å². The van der Waals surface area contributed by atoms with Gasteiger partial charge in [0, 0.05) is 44.6 Å². The van der Waals surface area contributed by atoms with Gasteiger partial charge in [-0.05, 0) is 24.1 Å². The second kappa shape index (κ2) is 5.77. The highest BCUT2D eigenvalue weighted by Crippen LogP contribution is 2.24. The van der Waals surface area contributed by atoms with Gasteiger partial charge in [-0.15, -0.1) is 6.58 Å². The molecule has 0 radical (unpaired) electrons. The molecule has 1 N–H and O–H groups in total. The second-order valence-corrected chi connectivity index (χ2v) is 4.11. The standard InChI is InChI=1S/C13H19N3/c1-2-3-13(12-4-6-14-7-5-12)16-10-8-15-9-11-16/h2,4-7,13,15H,1,3,8-11H2/t13-/m1/s1. The highest BCUT2D eigenvalue weighted by molar-refractivity contribution is 5.16. The Bertz CT molecular complexity index is 317. The number of nitrogens with zero attached hydrogens (tertiary/aromatic N) is 2. The molecule has 2 heterocycles. The highest BCUT2D eigenvalue weighted by Gasteiger charge is 2.20. The molecule has 1 aromatic rings. The molecule has 0 aromatic carbocycles. The number of piperazine rings is 1. The fraction of sp³-hybridized carbons (Fsp3) is 0.462. The van der Waals surface area contributed by atoms with Crippen molar-refractivity contribution in [1.29, 1.82) is 0 Å². The van der Waals surface area contributed by atoms with Gasteiger partial charge in [0.1, 0.15) is 0 Å². The third-order valence-corrected chi connectivity index (χ3v) is 3.07. The molecule has 0 amide bonds. The number of hydrogen-bond donors (Lipinski definition) is 1. The normalized spacial score (nSPS) is 19.2. The van der Waals surface area contributed by atoms with Crippen LogP contribution in [0.3, 0.4) is 0 Å². The summed E-state index contributed by atoms with van der Waals surface area (Å²) in [5, 5.41) is 3.38. The summed E-state index contributed by atoms with van der Waals surface area (Å²) in [4.78, 5) is 6.60. The quantitative estimate of drug-likeness (QED) is 0.777. The van der Waals surface area contributed by atoms with E-state index in [0.29, 0.717) is 6.04 Å². The number of nitrogens with one attached hydrogen (secondary N) is 1. The van der Waals surface area contributed by atoms with Crippen LogP contribution in [0.5, 0.6) is 0 Å². The van der Waals surface area contributed by atoms with Gasteiger partial charge in [0.15, 0.2) is 0 Å². The molecule has 16 heavy (non-hydrogen) atoms. The van der Waals surface area contributed by atoms with Crippen molar-refractivity contribution in [2.45, 2.75) is 12.5 Å². The Balaban J connectivity index is 2.12. The van der Waals surface area contributed by atoms with Crippen LogP contribution in [0.4, 0.5) is 0 Å². The maximum Gasteiger partial charge on any atom is 0.0384 e. The minimum Gasteiger partial charge on any atom is -0.314 e. The molecule has 0 aliphatic carbocycles. The lowest BCUT2D eigenvalue weighted by atomic mass is 10.0. The molecule has 0 bridgehead atoms. The molecule has 1 aliphatic rings. The molecule has 1 atom stereocenters. The summed E-state index contributed by atoms with van der Waals surface area (Å²) in [6.45, 7) is 8.25. The van der Waals surface area contributed by atoms with Gasteiger partial charge in [0.2, 0.25) is 0 Å². The zero-order valence-corrected chi connectivity index (χ0v) is 9.60.